The van der Waals surface area contributed by atoms with Crippen LogP contribution in [0.25, 0.3) is 21.7 Å². The number of hydrogen-bond donors (Lipinski definition) is 2. The number of benzene rings is 3. The van der Waals surface area contributed by atoms with Gasteiger partial charge in [-0.25, -0.2) is 4.79 Å². The van der Waals surface area contributed by atoms with Crippen molar-refractivity contribution < 1.29 is 9.52 Å². The maximum Gasteiger partial charge on any atom is 0.336 e. The fourth-order valence-corrected chi connectivity index (χ4v) is 2.65. The van der Waals surface area contributed by atoms with Crippen molar-refractivity contribution in [3.05, 3.63) is 71.1 Å². The molecule has 0 aliphatic rings. The van der Waals surface area contributed by atoms with Crippen LogP contribution in [0.5, 0.6) is 5.75 Å². The first-order valence-corrected chi connectivity index (χ1v) is 7.57. The lowest BCUT2D eigenvalue weighted by Crippen LogP contribution is -1.93. The Kier molecular flexibility index (Phi) is 3.43. The van der Waals surface area contributed by atoms with Gasteiger partial charge in [0.05, 0.1) is 11.4 Å². The summed E-state index contributed by atoms with van der Waals surface area (Å²) in [5.74, 6) is 0.162. The van der Waals surface area contributed by atoms with Crippen molar-refractivity contribution in [1.82, 2.24) is 0 Å². The van der Waals surface area contributed by atoms with E-state index in [-0.39, 0.29) is 5.75 Å². The van der Waals surface area contributed by atoms with Gasteiger partial charge in [-0.2, -0.15) is 5.11 Å². The molecule has 3 aromatic carbocycles. The van der Waals surface area contributed by atoms with Crippen LogP contribution >= 0.6 is 0 Å². The number of nitrogens with two attached hydrogens (primary N) is 1. The largest absolute Gasteiger partial charge is 0.507 e. The van der Waals surface area contributed by atoms with E-state index in [0.29, 0.717) is 28.0 Å². The number of aromatic hydroxyl groups is 1. The summed E-state index contributed by atoms with van der Waals surface area (Å²) in [6.07, 6.45) is 0. The first-order chi connectivity index (χ1) is 12.1. The fourth-order valence-electron chi connectivity index (χ4n) is 2.65. The minimum atomic E-state index is -0.393. The average Bonchev–Trinajstić information content (AvgIpc) is 2.61. The molecular weight excluding hydrogens is 318 g/mol. The quantitative estimate of drug-likeness (QED) is 0.317. The van der Waals surface area contributed by atoms with Crippen molar-refractivity contribution in [3.63, 3.8) is 0 Å². The molecule has 25 heavy (non-hydrogen) atoms. The molecule has 122 valence electrons. The Bertz CT molecular complexity index is 1200. The van der Waals surface area contributed by atoms with Crippen LogP contribution in [0.4, 0.5) is 17.1 Å². The smallest absolute Gasteiger partial charge is 0.336 e. The average molecular weight is 331 g/mol. The Balaban J connectivity index is 1.78. The number of nitrogen functional groups attached to an aromatic ring is 1. The molecule has 6 nitrogen and oxygen atoms in total. The monoisotopic (exact) mass is 331 g/mol. The highest BCUT2D eigenvalue weighted by molar-refractivity contribution is 5.98. The molecule has 4 rings (SSSR count). The van der Waals surface area contributed by atoms with Crippen LogP contribution in [-0.4, -0.2) is 5.11 Å². The lowest BCUT2D eigenvalue weighted by molar-refractivity contribution is 0.481. The summed E-state index contributed by atoms with van der Waals surface area (Å²) in [6, 6.07) is 16.7. The van der Waals surface area contributed by atoms with E-state index >= 15 is 0 Å². The number of phenolic OH excluding ortho intramolecular Hbond substituents is 1. The molecule has 0 amide bonds. The van der Waals surface area contributed by atoms with Gasteiger partial charge >= 0.3 is 5.63 Å². The van der Waals surface area contributed by atoms with Gasteiger partial charge in [-0.05, 0) is 54.6 Å². The fraction of sp³-hybridized carbons (Fsp3) is 0. The van der Waals surface area contributed by atoms with Crippen molar-refractivity contribution >= 4 is 38.8 Å². The Labute approximate surface area is 141 Å². The van der Waals surface area contributed by atoms with Crippen LogP contribution in [0.3, 0.4) is 0 Å². The molecule has 0 spiro atoms. The summed E-state index contributed by atoms with van der Waals surface area (Å²) in [4.78, 5) is 11.2. The summed E-state index contributed by atoms with van der Waals surface area (Å²) >= 11 is 0. The molecule has 0 atom stereocenters. The second-order valence-electron chi connectivity index (χ2n) is 5.59. The normalized spacial score (nSPS) is 11.5. The first kappa shape index (κ1) is 14.9. The number of hydrogen-bond acceptors (Lipinski definition) is 6. The van der Waals surface area contributed by atoms with E-state index in [4.69, 9.17) is 10.2 Å². The predicted molar refractivity (Wildman–Crippen MR) is 96.7 cm³/mol. The van der Waals surface area contributed by atoms with E-state index in [1.807, 2.05) is 0 Å². The highest BCUT2D eigenvalue weighted by Crippen LogP contribution is 2.34. The molecule has 3 N–H and O–H groups in total. The number of azo groups is 1. The van der Waals surface area contributed by atoms with Crippen molar-refractivity contribution in [1.29, 1.82) is 0 Å². The molecule has 0 fully saturated rings. The van der Waals surface area contributed by atoms with Gasteiger partial charge in [0.15, 0.2) is 0 Å². The topological polar surface area (TPSA) is 101 Å². The summed E-state index contributed by atoms with van der Waals surface area (Å²) in [5, 5.41) is 20.6. The van der Waals surface area contributed by atoms with Crippen LogP contribution < -0.4 is 11.4 Å². The standard InChI is InChI=1S/C19H13N3O3/c20-12-2-4-14-15(10-12)16(5-6-17(14)23)22-21-13-3-7-18-11(9-13)1-8-19(24)25-18/h1-10,23H,20H2. The van der Waals surface area contributed by atoms with Crippen LogP contribution in [0.2, 0.25) is 0 Å². The Hall–Kier alpha value is -3.67. The Morgan fingerprint density at radius 1 is 0.880 bits per heavy atom. The van der Waals surface area contributed by atoms with Crippen LogP contribution in [0, 0.1) is 0 Å². The van der Waals surface area contributed by atoms with E-state index in [1.165, 1.54) is 6.07 Å². The molecule has 0 radical (unpaired) electrons. The summed E-state index contributed by atoms with van der Waals surface area (Å²) in [7, 11) is 0. The van der Waals surface area contributed by atoms with E-state index in [9.17, 15) is 9.90 Å². The van der Waals surface area contributed by atoms with Gasteiger partial charge in [-0.1, -0.05) is 0 Å². The highest BCUT2D eigenvalue weighted by Gasteiger charge is 2.06. The van der Waals surface area contributed by atoms with E-state index in [0.717, 1.165) is 10.8 Å². The molecule has 4 aromatic rings. The van der Waals surface area contributed by atoms with Crippen molar-refractivity contribution in [2.45, 2.75) is 0 Å². The molecule has 1 heterocycles. The SMILES string of the molecule is Nc1ccc2c(O)ccc(N=Nc3ccc4oc(=O)ccc4c3)c2c1. The zero-order valence-electron chi connectivity index (χ0n) is 13.0. The minimum absolute atomic E-state index is 0.162. The van der Waals surface area contributed by atoms with Crippen molar-refractivity contribution in [3.8, 4) is 5.75 Å². The van der Waals surface area contributed by atoms with Gasteiger partial charge in [0.25, 0.3) is 0 Å². The molecule has 0 aliphatic heterocycles. The van der Waals surface area contributed by atoms with Crippen LogP contribution in [0.15, 0.2) is 80.1 Å². The predicted octanol–water partition coefficient (Wildman–Crippen LogP) is 4.65. The first-order valence-electron chi connectivity index (χ1n) is 7.57. The molecule has 0 unspecified atom stereocenters. The number of rotatable bonds is 2. The van der Waals surface area contributed by atoms with Crippen LogP contribution in [0.1, 0.15) is 0 Å². The van der Waals surface area contributed by atoms with Gasteiger partial charge in [-0.15, -0.1) is 5.11 Å². The summed E-state index contributed by atoms with van der Waals surface area (Å²) in [5.41, 5.74) is 7.73. The zero-order valence-corrected chi connectivity index (χ0v) is 13.0. The zero-order chi connectivity index (χ0) is 17.4. The lowest BCUT2D eigenvalue weighted by Gasteiger charge is -2.05. The molecule has 1 aromatic heterocycles. The molecule has 0 bridgehead atoms. The second kappa shape index (κ2) is 5.76. The highest BCUT2D eigenvalue weighted by atomic mass is 16.4. The van der Waals surface area contributed by atoms with Gasteiger partial charge in [0, 0.05) is 27.9 Å². The number of nitrogens with zero attached hydrogens (tertiary/aromatic N) is 2. The Morgan fingerprint density at radius 2 is 1.76 bits per heavy atom. The number of fused-ring (bicyclic) bond motifs is 2. The summed E-state index contributed by atoms with van der Waals surface area (Å²) < 4.78 is 5.09. The third kappa shape index (κ3) is 2.81. The third-order valence-electron chi connectivity index (χ3n) is 3.87. The second-order valence-corrected chi connectivity index (χ2v) is 5.59. The maximum absolute atomic E-state index is 11.2. The van der Waals surface area contributed by atoms with Crippen molar-refractivity contribution in [2.75, 3.05) is 5.73 Å². The van der Waals surface area contributed by atoms with Gasteiger partial charge in [0.2, 0.25) is 0 Å². The molecular formula is C19H13N3O3. The van der Waals surface area contributed by atoms with E-state index in [1.54, 1.807) is 54.6 Å². The van der Waals surface area contributed by atoms with Gasteiger partial charge in [0.1, 0.15) is 11.3 Å². The van der Waals surface area contributed by atoms with E-state index in [2.05, 4.69) is 10.2 Å². The van der Waals surface area contributed by atoms with Gasteiger partial charge < -0.3 is 15.3 Å². The minimum Gasteiger partial charge on any atom is -0.507 e. The third-order valence-corrected chi connectivity index (χ3v) is 3.87. The van der Waals surface area contributed by atoms with Crippen molar-refractivity contribution in [2.24, 2.45) is 10.2 Å². The lowest BCUT2D eigenvalue weighted by atomic mass is 10.1. The van der Waals surface area contributed by atoms with Gasteiger partial charge in [-0.3, -0.25) is 0 Å². The maximum atomic E-state index is 11.2. The number of anilines is 1. The number of phenols is 1. The molecule has 0 saturated heterocycles. The molecule has 6 heteroatoms. The Morgan fingerprint density at radius 3 is 2.64 bits per heavy atom. The summed E-state index contributed by atoms with van der Waals surface area (Å²) in [6.45, 7) is 0. The van der Waals surface area contributed by atoms with Crippen LogP contribution in [-0.2, 0) is 0 Å². The molecule has 0 saturated carbocycles. The molecule has 0 aliphatic carbocycles. The van der Waals surface area contributed by atoms with E-state index < -0.39 is 5.63 Å².